The monoisotopic (exact) mass is 352 g/mol. The van der Waals surface area contributed by atoms with Gasteiger partial charge >= 0.3 is 0 Å². The van der Waals surface area contributed by atoms with E-state index in [0.29, 0.717) is 18.7 Å². The van der Waals surface area contributed by atoms with Crippen molar-refractivity contribution >= 4 is 12.1 Å². The molecule has 0 atom stereocenters. The van der Waals surface area contributed by atoms with Crippen LogP contribution in [0.15, 0.2) is 41.3 Å². The molecule has 7 nitrogen and oxygen atoms in total. The number of rotatable bonds is 4. The summed E-state index contributed by atoms with van der Waals surface area (Å²) in [7, 11) is 1.62. The standard InChI is InChI=1S/C19H20N4O3/c1-26-17-5-3-2-4-14(17)15-11-20-23-16(10-18(25)21-19(15)23)13-6-8-22(12-24)9-7-13/h2-5,10-13H,6-9H2,1H3,(H,21,25). The lowest BCUT2D eigenvalue weighted by Gasteiger charge is -2.29. The van der Waals surface area contributed by atoms with Crippen LogP contribution in [0.5, 0.6) is 5.75 Å². The summed E-state index contributed by atoms with van der Waals surface area (Å²) in [6.07, 6.45) is 4.28. The number of aromatic nitrogens is 3. The molecule has 0 aliphatic carbocycles. The molecule has 1 fully saturated rings. The smallest absolute Gasteiger partial charge is 0.251 e. The number of hydrogen-bond donors (Lipinski definition) is 1. The number of benzene rings is 1. The Balaban J connectivity index is 1.81. The topological polar surface area (TPSA) is 79.7 Å². The van der Waals surface area contributed by atoms with Crippen LogP contribution in [0.1, 0.15) is 24.5 Å². The normalized spacial score (nSPS) is 15.3. The van der Waals surface area contributed by atoms with Gasteiger partial charge < -0.3 is 14.6 Å². The first-order chi connectivity index (χ1) is 12.7. The summed E-state index contributed by atoms with van der Waals surface area (Å²) in [6.45, 7) is 1.40. The molecule has 0 radical (unpaired) electrons. The highest BCUT2D eigenvalue weighted by Gasteiger charge is 2.24. The molecule has 3 aromatic rings. The molecular weight excluding hydrogens is 332 g/mol. The van der Waals surface area contributed by atoms with E-state index in [1.165, 1.54) is 0 Å². The number of hydrogen-bond acceptors (Lipinski definition) is 4. The Bertz CT molecular complexity index is 999. The summed E-state index contributed by atoms with van der Waals surface area (Å²) in [6, 6.07) is 9.29. The average molecular weight is 352 g/mol. The van der Waals surface area contributed by atoms with Crippen molar-refractivity contribution in [3.63, 3.8) is 0 Å². The SMILES string of the molecule is COc1ccccc1-c1cnn2c(C3CCN(C=O)CC3)cc(=O)[nH]c12. The number of carbonyl (C=O) groups excluding carboxylic acids is 1. The average Bonchev–Trinajstić information content (AvgIpc) is 3.11. The Morgan fingerprint density at radius 1 is 1.23 bits per heavy atom. The lowest BCUT2D eigenvalue weighted by Crippen LogP contribution is -2.32. The van der Waals surface area contributed by atoms with Crippen LogP contribution in [0.25, 0.3) is 16.8 Å². The van der Waals surface area contributed by atoms with Gasteiger partial charge in [0.2, 0.25) is 6.41 Å². The lowest BCUT2D eigenvalue weighted by atomic mass is 9.93. The van der Waals surface area contributed by atoms with Crippen LogP contribution < -0.4 is 10.3 Å². The van der Waals surface area contributed by atoms with Gasteiger partial charge in [-0.05, 0) is 18.9 Å². The van der Waals surface area contributed by atoms with Gasteiger partial charge in [0.25, 0.3) is 5.56 Å². The highest BCUT2D eigenvalue weighted by molar-refractivity contribution is 5.81. The van der Waals surface area contributed by atoms with Crippen LogP contribution in [-0.4, -0.2) is 46.1 Å². The van der Waals surface area contributed by atoms with Crippen LogP contribution in [0.4, 0.5) is 0 Å². The number of likely N-dealkylation sites (tertiary alicyclic amines) is 1. The summed E-state index contributed by atoms with van der Waals surface area (Å²) in [5.74, 6) is 0.925. The van der Waals surface area contributed by atoms with Gasteiger partial charge in [-0.3, -0.25) is 9.59 Å². The lowest BCUT2D eigenvalue weighted by molar-refractivity contribution is -0.119. The summed E-state index contributed by atoms with van der Waals surface area (Å²) in [4.78, 5) is 27.9. The number of H-pyrrole nitrogens is 1. The maximum Gasteiger partial charge on any atom is 0.251 e. The van der Waals surface area contributed by atoms with Crippen molar-refractivity contribution in [2.24, 2.45) is 0 Å². The highest BCUT2D eigenvalue weighted by Crippen LogP contribution is 2.33. The molecule has 1 N–H and O–H groups in total. The second kappa shape index (κ2) is 6.67. The molecule has 0 spiro atoms. The number of piperidine rings is 1. The van der Waals surface area contributed by atoms with Gasteiger partial charge in [-0.15, -0.1) is 0 Å². The number of carbonyl (C=O) groups is 1. The molecular formula is C19H20N4O3. The van der Waals surface area contributed by atoms with Crippen LogP contribution in [0.2, 0.25) is 0 Å². The van der Waals surface area contributed by atoms with Gasteiger partial charge in [0, 0.05) is 36.2 Å². The Morgan fingerprint density at radius 3 is 2.73 bits per heavy atom. The zero-order valence-electron chi connectivity index (χ0n) is 14.5. The summed E-state index contributed by atoms with van der Waals surface area (Å²) in [5.41, 5.74) is 3.10. The number of methoxy groups -OCH3 is 1. The van der Waals surface area contributed by atoms with Crippen LogP contribution in [-0.2, 0) is 4.79 Å². The molecule has 1 aliphatic heterocycles. The molecule has 1 aromatic carbocycles. The molecule has 2 aromatic heterocycles. The molecule has 0 saturated carbocycles. The molecule has 134 valence electrons. The quantitative estimate of drug-likeness (QED) is 0.729. The molecule has 1 saturated heterocycles. The van der Waals surface area contributed by atoms with Crippen LogP contribution >= 0.6 is 0 Å². The van der Waals surface area contributed by atoms with Crippen molar-refractivity contribution in [1.29, 1.82) is 0 Å². The third-order valence-electron chi connectivity index (χ3n) is 5.03. The van der Waals surface area contributed by atoms with Crippen LogP contribution in [0, 0.1) is 0 Å². The summed E-state index contributed by atoms with van der Waals surface area (Å²) < 4.78 is 7.26. The third kappa shape index (κ3) is 2.75. The van der Waals surface area contributed by atoms with E-state index in [2.05, 4.69) is 10.1 Å². The molecule has 7 heteroatoms. The second-order valence-corrected chi connectivity index (χ2v) is 6.49. The van der Waals surface area contributed by atoms with Gasteiger partial charge in [0.1, 0.15) is 11.4 Å². The van der Waals surface area contributed by atoms with Crippen molar-refractivity contribution < 1.29 is 9.53 Å². The zero-order valence-corrected chi connectivity index (χ0v) is 14.5. The molecule has 0 unspecified atom stereocenters. The number of ether oxygens (including phenoxy) is 1. The minimum atomic E-state index is -0.151. The van der Waals surface area contributed by atoms with Crippen LogP contribution in [0.3, 0.4) is 0 Å². The fraction of sp³-hybridized carbons (Fsp3) is 0.316. The summed E-state index contributed by atoms with van der Waals surface area (Å²) >= 11 is 0. The number of amides is 1. The van der Waals surface area contributed by atoms with Crippen molar-refractivity contribution in [2.75, 3.05) is 20.2 Å². The van der Waals surface area contributed by atoms with E-state index in [-0.39, 0.29) is 11.5 Å². The van der Waals surface area contributed by atoms with E-state index in [0.717, 1.165) is 41.8 Å². The highest BCUT2D eigenvalue weighted by atomic mass is 16.5. The minimum Gasteiger partial charge on any atom is -0.496 e. The number of nitrogens with one attached hydrogen (secondary N) is 1. The Labute approximate surface area is 150 Å². The van der Waals surface area contributed by atoms with Gasteiger partial charge in [-0.1, -0.05) is 18.2 Å². The van der Waals surface area contributed by atoms with Gasteiger partial charge in [0.15, 0.2) is 0 Å². The first-order valence-electron chi connectivity index (χ1n) is 8.65. The molecule has 3 heterocycles. The molecule has 4 rings (SSSR count). The van der Waals surface area contributed by atoms with Gasteiger partial charge in [-0.25, -0.2) is 4.52 Å². The van der Waals surface area contributed by atoms with Crippen molar-refractivity contribution in [3.05, 3.63) is 52.6 Å². The van der Waals surface area contributed by atoms with Crippen molar-refractivity contribution in [2.45, 2.75) is 18.8 Å². The number of para-hydroxylation sites is 1. The number of aromatic amines is 1. The Morgan fingerprint density at radius 2 is 2.00 bits per heavy atom. The van der Waals surface area contributed by atoms with E-state index < -0.39 is 0 Å². The molecule has 1 amide bonds. The first-order valence-corrected chi connectivity index (χ1v) is 8.65. The van der Waals surface area contributed by atoms with E-state index in [1.807, 2.05) is 28.8 Å². The minimum absolute atomic E-state index is 0.151. The fourth-order valence-electron chi connectivity index (χ4n) is 3.67. The maximum absolute atomic E-state index is 12.3. The van der Waals surface area contributed by atoms with Crippen molar-refractivity contribution in [3.8, 4) is 16.9 Å². The zero-order chi connectivity index (χ0) is 18.1. The van der Waals surface area contributed by atoms with E-state index in [1.54, 1.807) is 24.3 Å². The number of fused-ring (bicyclic) bond motifs is 1. The fourth-order valence-corrected chi connectivity index (χ4v) is 3.67. The third-order valence-corrected chi connectivity index (χ3v) is 5.03. The molecule has 0 bridgehead atoms. The summed E-state index contributed by atoms with van der Waals surface area (Å²) in [5, 5.41) is 4.53. The number of nitrogens with zero attached hydrogens (tertiary/aromatic N) is 3. The maximum atomic E-state index is 12.3. The molecule has 1 aliphatic rings. The Kier molecular flexibility index (Phi) is 4.20. The molecule has 26 heavy (non-hydrogen) atoms. The Hall–Kier alpha value is -3.09. The predicted octanol–water partition coefficient (Wildman–Crippen LogP) is 2.03. The first kappa shape index (κ1) is 16.4. The van der Waals surface area contributed by atoms with Gasteiger partial charge in [0.05, 0.1) is 19.0 Å². The van der Waals surface area contributed by atoms with Gasteiger partial charge in [-0.2, -0.15) is 5.10 Å². The van der Waals surface area contributed by atoms with E-state index in [4.69, 9.17) is 4.74 Å². The van der Waals surface area contributed by atoms with E-state index >= 15 is 0 Å². The largest absolute Gasteiger partial charge is 0.496 e. The predicted molar refractivity (Wildman–Crippen MR) is 97.4 cm³/mol. The van der Waals surface area contributed by atoms with Crippen molar-refractivity contribution in [1.82, 2.24) is 19.5 Å². The second-order valence-electron chi connectivity index (χ2n) is 6.49. The van der Waals surface area contributed by atoms with E-state index in [9.17, 15) is 9.59 Å².